The van der Waals surface area contributed by atoms with E-state index in [1.165, 1.54) is 0 Å². The van der Waals surface area contributed by atoms with Crippen molar-refractivity contribution in [3.8, 4) is 5.75 Å². The molecule has 19 heavy (non-hydrogen) atoms. The van der Waals surface area contributed by atoms with E-state index in [1.54, 1.807) is 11.9 Å². The number of methoxy groups -OCH3 is 1. The van der Waals surface area contributed by atoms with Crippen molar-refractivity contribution in [3.05, 3.63) is 17.7 Å². The molecule has 1 aliphatic heterocycles. The van der Waals surface area contributed by atoms with Gasteiger partial charge in [0.1, 0.15) is 16.8 Å². The van der Waals surface area contributed by atoms with E-state index in [-0.39, 0.29) is 6.23 Å². The maximum absolute atomic E-state index is 5.79. The first-order valence-electron chi connectivity index (χ1n) is 6.57. The lowest BCUT2D eigenvalue weighted by atomic mass is 10.1. The number of rotatable bonds is 3. The third-order valence-corrected chi connectivity index (χ3v) is 3.47. The summed E-state index contributed by atoms with van der Waals surface area (Å²) in [6.07, 6.45) is 3.16. The van der Waals surface area contributed by atoms with Crippen LogP contribution in [0.1, 0.15) is 31.1 Å². The zero-order chi connectivity index (χ0) is 13.2. The van der Waals surface area contributed by atoms with Crippen molar-refractivity contribution in [1.82, 2.24) is 15.0 Å². The average molecular weight is 262 g/mol. The van der Waals surface area contributed by atoms with Crippen molar-refractivity contribution in [2.75, 3.05) is 13.7 Å². The van der Waals surface area contributed by atoms with Gasteiger partial charge in [-0.25, -0.2) is 0 Å². The zero-order valence-corrected chi connectivity index (χ0v) is 11.0. The molecule has 0 amide bonds. The average Bonchev–Trinajstić information content (AvgIpc) is 2.91. The first kappa shape index (κ1) is 12.4. The van der Waals surface area contributed by atoms with Crippen molar-refractivity contribution >= 4 is 11.0 Å². The third kappa shape index (κ3) is 2.17. The molecular formula is C13H18N4O2. The maximum atomic E-state index is 5.79. The van der Waals surface area contributed by atoms with E-state index in [1.807, 2.05) is 12.1 Å². The van der Waals surface area contributed by atoms with Gasteiger partial charge in [0.25, 0.3) is 0 Å². The second kappa shape index (κ2) is 5.14. The molecule has 1 fully saturated rings. The molecule has 0 bridgehead atoms. The Morgan fingerprint density at radius 2 is 2.32 bits per heavy atom. The zero-order valence-electron chi connectivity index (χ0n) is 11.0. The van der Waals surface area contributed by atoms with E-state index >= 15 is 0 Å². The third-order valence-electron chi connectivity index (χ3n) is 3.47. The summed E-state index contributed by atoms with van der Waals surface area (Å²) in [6, 6.07) is 3.78. The lowest BCUT2D eigenvalue weighted by molar-refractivity contribution is -0.0474. The SMILES string of the molecule is COc1ccc2nn(C3CCCCO3)nc2c1CN. The van der Waals surface area contributed by atoms with Gasteiger partial charge in [-0.15, -0.1) is 0 Å². The molecule has 0 aliphatic carbocycles. The van der Waals surface area contributed by atoms with Crippen LogP contribution in [-0.2, 0) is 11.3 Å². The molecule has 0 spiro atoms. The molecule has 1 atom stereocenters. The van der Waals surface area contributed by atoms with Gasteiger partial charge in [-0.05, 0) is 31.4 Å². The number of hydrogen-bond acceptors (Lipinski definition) is 5. The van der Waals surface area contributed by atoms with Gasteiger partial charge in [-0.1, -0.05) is 0 Å². The second-order valence-electron chi connectivity index (χ2n) is 4.66. The van der Waals surface area contributed by atoms with Crippen LogP contribution in [0.3, 0.4) is 0 Å². The number of nitrogens with two attached hydrogens (primary N) is 1. The summed E-state index contributed by atoms with van der Waals surface area (Å²) in [4.78, 5) is 1.67. The van der Waals surface area contributed by atoms with Crippen molar-refractivity contribution in [2.24, 2.45) is 5.73 Å². The minimum Gasteiger partial charge on any atom is -0.496 e. The Hall–Kier alpha value is -1.66. The lowest BCUT2D eigenvalue weighted by Gasteiger charge is -2.21. The first-order valence-corrected chi connectivity index (χ1v) is 6.57. The molecule has 1 unspecified atom stereocenters. The molecule has 1 aliphatic rings. The van der Waals surface area contributed by atoms with Gasteiger partial charge < -0.3 is 15.2 Å². The number of fused-ring (bicyclic) bond motifs is 1. The van der Waals surface area contributed by atoms with Crippen LogP contribution in [0.2, 0.25) is 0 Å². The Morgan fingerprint density at radius 3 is 3.00 bits per heavy atom. The van der Waals surface area contributed by atoms with E-state index in [4.69, 9.17) is 15.2 Å². The molecule has 2 heterocycles. The van der Waals surface area contributed by atoms with Crippen molar-refractivity contribution in [1.29, 1.82) is 0 Å². The first-order chi connectivity index (χ1) is 9.33. The van der Waals surface area contributed by atoms with E-state index in [9.17, 15) is 0 Å². The monoisotopic (exact) mass is 262 g/mol. The molecule has 6 nitrogen and oxygen atoms in total. The number of hydrogen-bond donors (Lipinski definition) is 1. The summed E-state index contributed by atoms with van der Waals surface area (Å²) in [6.45, 7) is 1.15. The number of nitrogens with zero attached hydrogens (tertiary/aromatic N) is 3. The molecule has 6 heteroatoms. The number of ether oxygens (including phenoxy) is 2. The molecule has 2 aromatic rings. The van der Waals surface area contributed by atoms with Crippen LogP contribution < -0.4 is 10.5 Å². The molecule has 1 saturated heterocycles. The van der Waals surface area contributed by atoms with Crippen LogP contribution in [0, 0.1) is 0 Å². The topological polar surface area (TPSA) is 75.2 Å². The summed E-state index contributed by atoms with van der Waals surface area (Å²) in [5, 5.41) is 9.03. The van der Waals surface area contributed by atoms with Gasteiger partial charge in [0.15, 0.2) is 6.23 Å². The van der Waals surface area contributed by atoms with Gasteiger partial charge in [0.05, 0.1) is 7.11 Å². The Bertz CT molecular complexity index is 575. The largest absolute Gasteiger partial charge is 0.496 e. The van der Waals surface area contributed by atoms with Crippen LogP contribution in [0.25, 0.3) is 11.0 Å². The Morgan fingerprint density at radius 1 is 1.42 bits per heavy atom. The van der Waals surface area contributed by atoms with Gasteiger partial charge in [-0.3, -0.25) is 0 Å². The molecule has 2 N–H and O–H groups in total. The minimum absolute atomic E-state index is 0.0576. The Balaban J connectivity index is 2.04. The van der Waals surface area contributed by atoms with Gasteiger partial charge in [-0.2, -0.15) is 15.0 Å². The Kier molecular flexibility index (Phi) is 3.35. The van der Waals surface area contributed by atoms with Crippen LogP contribution in [-0.4, -0.2) is 28.7 Å². The van der Waals surface area contributed by atoms with Gasteiger partial charge in [0.2, 0.25) is 0 Å². The lowest BCUT2D eigenvalue weighted by Crippen LogP contribution is -2.20. The fourth-order valence-electron chi connectivity index (χ4n) is 2.46. The van der Waals surface area contributed by atoms with E-state index in [2.05, 4.69) is 10.2 Å². The van der Waals surface area contributed by atoms with E-state index in [0.717, 1.165) is 48.2 Å². The summed E-state index contributed by atoms with van der Waals surface area (Å²) >= 11 is 0. The summed E-state index contributed by atoms with van der Waals surface area (Å²) < 4.78 is 11.0. The van der Waals surface area contributed by atoms with Crippen molar-refractivity contribution in [2.45, 2.75) is 32.0 Å². The standard InChI is InChI=1S/C13H18N4O2/c1-18-11-6-5-10-13(9(11)8-14)16-17(15-10)12-4-2-3-7-19-12/h5-6,12H,2-4,7-8,14H2,1H3. The van der Waals surface area contributed by atoms with Crippen LogP contribution >= 0.6 is 0 Å². The fourth-order valence-corrected chi connectivity index (χ4v) is 2.46. The molecule has 1 aromatic carbocycles. The molecule has 1 aromatic heterocycles. The highest BCUT2D eigenvalue weighted by atomic mass is 16.5. The summed E-state index contributed by atoms with van der Waals surface area (Å²) in [5.41, 5.74) is 8.31. The van der Waals surface area contributed by atoms with E-state index < -0.39 is 0 Å². The second-order valence-corrected chi connectivity index (χ2v) is 4.66. The summed E-state index contributed by atoms with van der Waals surface area (Å²) in [7, 11) is 1.63. The van der Waals surface area contributed by atoms with Crippen LogP contribution in [0.15, 0.2) is 12.1 Å². The van der Waals surface area contributed by atoms with Crippen LogP contribution in [0.5, 0.6) is 5.75 Å². The van der Waals surface area contributed by atoms with Gasteiger partial charge in [0, 0.05) is 18.7 Å². The predicted molar refractivity (Wildman–Crippen MR) is 70.8 cm³/mol. The highest BCUT2D eigenvalue weighted by Crippen LogP contribution is 2.27. The predicted octanol–water partition coefficient (Wildman–Crippen LogP) is 1.60. The van der Waals surface area contributed by atoms with Crippen molar-refractivity contribution < 1.29 is 9.47 Å². The smallest absolute Gasteiger partial charge is 0.169 e. The fraction of sp³-hybridized carbons (Fsp3) is 0.538. The minimum atomic E-state index is -0.0576. The van der Waals surface area contributed by atoms with Gasteiger partial charge >= 0.3 is 0 Å². The molecule has 0 radical (unpaired) electrons. The van der Waals surface area contributed by atoms with E-state index in [0.29, 0.717) is 6.54 Å². The maximum Gasteiger partial charge on any atom is 0.169 e. The quantitative estimate of drug-likeness (QED) is 0.909. The molecule has 102 valence electrons. The number of aromatic nitrogens is 3. The van der Waals surface area contributed by atoms with Crippen molar-refractivity contribution in [3.63, 3.8) is 0 Å². The summed E-state index contributed by atoms with van der Waals surface area (Å²) in [5.74, 6) is 0.756. The molecular weight excluding hydrogens is 244 g/mol. The number of benzene rings is 1. The van der Waals surface area contributed by atoms with Crippen LogP contribution in [0.4, 0.5) is 0 Å². The normalized spacial score (nSPS) is 19.8. The Labute approximate surface area is 111 Å². The molecule has 3 rings (SSSR count). The highest BCUT2D eigenvalue weighted by Gasteiger charge is 2.20. The highest BCUT2D eigenvalue weighted by molar-refractivity contribution is 5.80. The molecule has 0 saturated carbocycles.